The van der Waals surface area contributed by atoms with E-state index in [0.29, 0.717) is 18.4 Å². The van der Waals surface area contributed by atoms with Gasteiger partial charge in [-0.1, -0.05) is 0 Å². The molecule has 0 radical (unpaired) electrons. The molecule has 0 spiro atoms. The molecular formula is C13H22N6O2. The Hall–Kier alpha value is -2.12. The van der Waals surface area contributed by atoms with Gasteiger partial charge in [-0.2, -0.15) is 15.0 Å². The second-order valence-corrected chi connectivity index (χ2v) is 4.90. The molecule has 0 aliphatic carbocycles. The van der Waals surface area contributed by atoms with Crippen molar-refractivity contribution in [3.05, 3.63) is 0 Å². The van der Waals surface area contributed by atoms with E-state index in [1.807, 2.05) is 18.7 Å². The molecule has 2 N–H and O–H groups in total. The van der Waals surface area contributed by atoms with Crippen molar-refractivity contribution in [2.75, 3.05) is 37.4 Å². The van der Waals surface area contributed by atoms with Crippen LogP contribution in [0.25, 0.3) is 0 Å². The van der Waals surface area contributed by atoms with Crippen molar-refractivity contribution in [3.8, 4) is 6.01 Å². The smallest absolute Gasteiger partial charge is 0.322 e. The standard InChI is InChI=1S/C13H22N6O2/c1-4-14-11-16-12(18-13(17-11)21-3)15-9(2)10(20)19-7-5-6-8-19/h9H,4-8H2,1-3H3,(H2,14,15,16,17,18). The lowest BCUT2D eigenvalue weighted by Crippen LogP contribution is -2.40. The number of hydrogen-bond acceptors (Lipinski definition) is 7. The van der Waals surface area contributed by atoms with Gasteiger partial charge in [0, 0.05) is 19.6 Å². The number of ether oxygens (including phenoxy) is 1. The van der Waals surface area contributed by atoms with E-state index in [1.54, 1.807) is 0 Å². The first kappa shape index (κ1) is 15.3. The summed E-state index contributed by atoms with van der Waals surface area (Å²) >= 11 is 0. The molecule has 1 aromatic rings. The van der Waals surface area contributed by atoms with Gasteiger partial charge in [-0.3, -0.25) is 4.79 Å². The highest BCUT2D eigenvalue weighted by molar-refractivity contribution is 5.84. The molecule has 0 bridgehead atoms. The minimum absolute atomic E-state index is 0.0666. The van der Waals surface area contributed by atoms with Crippen molar-refractivity contribution in [2.24, 2.45) is 0 Å². The van der Waals surface area contributed by atoms with Crippen molar-refractivity contribution in [1.82, 2.24) is 19.9 Å². The normalized spacial score (nSPS) is 15.7. The molecular weight excluding hydrogens is 272 g/mol. The minimum Gasteiger partial charge on any atom is -0.467 e. The van der Waals surface area contributed by atoms with Gasteiger partial charge in [-0.25, -0.2) is 0 Å². The summed E-state index contributed by atoms with van der Waals surface area (Å²) in [6.07, 6.45) is 2.14. The zero-order valence-electron chi connectivity index (χ0n) is 12.7. The van der Waals surface area contributed by atoms with Crippen molar-refractivity contribution in [1.29, 1.82) is 0 Å². The zero-order valence-corrected chi connectivity index (χ0v) is 12.7. The number of aromatic nitrogens is 3. The summed E-state index contributed by atoms with van der Waals surface area (Å²) in [7, 11) is 1.49. The monoisotopic (exact) mass is 294 g/mol. The van der Waals surface area contributed by atoms with E-state index >= 15 is 0 Å². The highest BCUT2D eigenvalue weighted by Gasteiger charge is 2.24. The number of likely N-dealkylation sites (tertiary alicyclic amines) is 1. The van der Waals surface area contributed by atoms with E-state index in [2.05, 4.69) is 25.6 Å². The maximum atomic E-state index is 12.3. The molecule has 21 heavy (non-hydrogen) atoms. The molecule has 0 aromatic carbocycles. The maximum absolute atomic E-state index is 12.3. The van der Waals surface area contributed by atoms with Gasteiger partial charge in [-0.05, 0) is 26.7 Å². The van der Waals surface area contributed by atoms with Crippen molar-refractivity contribution in [3.63, 3.8) is 0 Å². The van der Waals surface area contributed by atoms with Gasteiger partial charge < -0.3 is 20.3 Å². The Bertz CT molecular complexity index is 490. The Kier molecular flexibility index (Phi) is 5.13. The third kappa shape index (κ3) is 3.93. The summed E-state index contributed by atoms with van der Waals surface area (Å²) in [6, 6.07) is -0.172. The lowest BCUT2D eigenvalue weighted by molar-refractivity contribution is -0.130. The van der Waals surface area contributed by atoms with E-state index in [0.717, 1.165) is 25.9 Å². The van der Waals surface area contributed by atoms with Crippen LogP contribution in [0, 0.1) is 0 Å². The summed E-state index contributed by atoms with van der Waals surface area (Å²) < 4.78 is 5.05. The van der Waals surface area contributed by atoms with Crippen LogP contribution < -0.4 is 15.4 Å². The SMILES string of the molecule is CCNc1nc(NC(C)C(=O)N2CCCC2)nc(OC)n1. The number of nitrogens with zero attached hydrogens (tertiary/aromatic N) is 4. The quantitative estimate of drug-likeness (QED) is 0.799. The zero-order chi connectivity index (χ0) is 15.2. The van der Waals surface area contributed by atoms with Crippen LogP contribution in [0.1, 0.15) is 26.7 Å². The Morgan fingerprint density at radius 3 is 2.57 bits per heavy atom. The first-order chi connectivity index (χ1) is 10.1. The van der Waals surface area contributed by atoms with Gasteiger partial charge in [-0.15, -0.1) is 0 Å². The summed E-state index contributed by atoms with van der Waals surface area (Å²) in [4.78, 5) is 26.5. The molecule has 116 valence electrons. The van der Waals surface area contributed by atoms with E-state index in [4.69, 9.17) is 4.74 Å². The number of nitrogens with one attached hydrogen (secondary N) is 2. The van der Waals surface area contributed by atoms with E-state index in [-0.39, 0.29) is 18.0 Å². The van der Waals surface area contributed by atoms with Crippen LogP contribution >= 0.6 is 0 Å². The van der Waals surface area contributed by atoms with Crippen molar-refractivity contribution >= 4 is 17.8 Å². The third-order valence-corrected chi connectivity index (χ3v) is 3.27. The summed E-state index contributed by atoms with van der Waals surface area (Å²) in [5.41, 5.74) is 0. The first-order valence-electron chi connectivity index (χ1n) is 7.23. The van der Waals surface area contributed by atoms with Gasteiger partial charge in [0.15, 0.2) is 0 Å². The van der Waals surface area contributed by atoms with Crippen molar-refractivity contribution < 1.29 is 9.53 Å². The molecule has 1 amide bonds. The Morgan fingerprint density at radius 2 is 1.95 bits per heavy atom. The predicted octanol–water partition coefficient (Wildman–Crippen LogP) is 0.735. The molecule has 8 heteroatoms. The summed E-state index contributed by atoms with van der Waals surface area (Å²) in [5, 5.41) is 6.02. The molecule has 1 fully saturated rings. The van der Waals surface area contributed by atoms with E-state index in [9.17, 15) is 4.79 Å². The fourth-order valence-corrected chi connectivity index (χ4v) is 2.22. The number of hydrogen-bond donors (Lipinski definition) is 2. The average molecular weight is 294 g/mol. The van der Waals surface area contributed by atoms with E-state index < -0.39 is 0 Å². The molecule has 1 atom stereocenters. The molecule has 1 aliphatic rings. The second-order valence-electron chi connectivity index (χ2n) is 4.90. The van der Waals surface area contributed by atoms with Crippen LogP contribution in [0.3, 0.4) is 0 Å². The number of carbonyl (C=O) groups excluding carboxylic acids is 1. The van der Waals surface area contributed by atoms with Crippen molar-refractivity contribution in [2.45, 2.75) is 32.7 Å². The van der Waals surface area contributed by atoms with E-state index in [1.165, 1.54) is 7.11 Å². The predicted molar refractivity (Wildman–Crippen MR) is 79.4 cm³/mol. The van der Waals surface area contributed by atoms with Gasteiger partial charge in [0.05, 0.1) is 7.11 Å². The summed E-state index contributed by atoms with van der Waals surface area (Å²) in [6.45, 7) is 6.10. The number of amides is 1. The topological polar surface area (TPSA) is 92.3 Å². The number of anilines is 2. The fourth-order valence-electron chi connectivity index (χ4n) is 2.22. The third-order valence-electron chi connectivity index (χ3n) is 3.27. The lowest BCUT2D eigenvalue weighted by atomic mass is 10.3. The molecule has 8 nitrogen and oxygen atoms in total. The Balaban J connectivity index is 2.06. The lowest BCUT2D eigenvalue weighted by Gasteiger charge is -2.21. The molecule has 2 rings (SSSR count). The first-order valence-corrected chi connectivity index (χ1v) is 7.23. The Labute approximate surface area is 124 Å². The minimum atomic E-state index is -0.385. The molecule has 1 unspecified atom stereocenters. The molecule has 1 aliphatic heterocycles. The average Bonchev–Trinajstić information content (AvgIpc) is 3.00. The molecule has 1 saturated heterocycles. The molecule has 0 saturated carbocycles. The van der Waals surface area contributed by atoms with Crippen LogP contribution in [0.15, 0.2) is 0 Å². The fraction of sp³-hybridized carbons (Fsp3) is 0.692. The largest absolute Gasteiger partial charge is 0.467 e. The highest BCUT2D eigenvalue weighted by Crippen LogP contribution is 2.14. The second kappa shape index (κ2) is 7.05. The van der Waals surface area contributed by atoms with Crippen LogP contribution in [-0.4, -0.2) is 58.5 Å². The molecule has 1 aromatic heterocycles. The van der Waals surface area contributed by atoms with Gasteiger partial charge in [0.1, 0.15) is 6.04 Å². The van der Waals surface area contributed by atoms with Gasteiger partial charge >= 0.3 is 6.01 Å². The number of rotatable bonds is 6. The van der Waals surface area contributed by atoms with Crippen LogP contribution in [0.2, 0.25) is 0 Å². The summed E-state index contributed by atoms with van der Waals surface area (Å²) in [5.74, 6) is 0.822. The van der Waals surface area contributed by atoms with Crippen LogP contribution in [0.4, 0.5) is 11.9 Å². The van der Waals surface area contributed by atoms with Crippen LogP contribution in [0.5, 0.6) is 6.01 Å². The Morgan fingerprint density at radius 1 is 1.29 bits per heavy atom. The number of carbonyl (C=O) groups is 1. The maximum Gasteiger partial charge on any atom is 0.322 e. The van der Waals surface area contributed by atoms with Gasteiger partial charge in [0.25, 0.3) is 0 Å². The highest BCUT2D eigenvalue weighted by atomic mass is 16.5. The van der Waals surface area contributed by atoms with Gasteiger partial charge in [0.2, 0.25) is 17.8 Å². The molecule has 2 heterocycles. The van der Waals surface area contributed by atoms with Crippen LogP contribution in [-0.2, 0) is 4.79 Å². The number of methoxy groups -OCH3 is 1.